The van der Waals surface area contributed by atoms with E-state index in [0.717, 1.165) is 63.2 Å². The van der Waals surface area contributed by atoms with Gasteiger partial charge < -0.3 is 25.2 Å². The Morgan fingerprint density at radius 1 is 1.01 bits per heavy atom. The molecule has 0 unspecified atom stereocenters. The third-order valence-electron chi connectivity index (χ3n) is 13.8. The molecule has 3 fully saturated rings. The zero-order valence-electron chi connectivity index (χ0n) is 41.1. The average Bonchev–Trinajstić information content (AvgIpc) is 3.60. The van der Waals surface area contributed by atoms with E-state index in [9.17, 15) is 27.6 Å². The number of aromatic nitrogens is 4. The molecule has 2 N–H and O–H groups in total. The highest BCUT2D eigenvalue weighted by Gasteiger charge is 2.56. The normalized spacial score (nSPS) is 18.4. The van der Waals surface area contributed by atoms with E-state index >= 15 is 0 Å². The second kappa shape index (κ2) is 21.4. The lowest BCUT2D eigenvalue weighted by atomic mass is 9.85. The number of alkyl halides is 3. The van der Waals surface area contributed by atoms with Gasteiger partial charge in [-0.15, -0.1) is 21.5 Å². The van der Waals surface area contributed by atoms with Gasteiger partial charge >= 0.3 is 6.18 Å². The number of piperidine rings is 1. The lowest BCUT2D eigenvalue weighted by Crippen LogP contribution is -2.57. The highest BCUT2D eigenvalue weighted by molar-refractivity contribution is 7.13. The van der Waals surface area contributed by atoms with Gasteiger partial charge in [0, 0.05) is 57.4 Å². The maximum atomic E-state index is 14.3. The number of fused-ring (bicyclic) bond motifs is 1. The smallest absolute Gasteiger partial charge is 0.453 e. The van der Waals surface area contributed by atoms with E-state index in [2.05, 4.69) is 66.4 Å². The molecule has 71 heavy (non-hydrogen) atoms. The van der Waals surface area contributed by atoms with Crippen LogP contribution in [0.5, 0.6) is 5.75 Å². The number of likely N-dealkylation sites (tertiary alicyclic amines) is 2. The number of thiazole rings is 1. The van der Waals surface area contributed by atoms with Gasteiger partial charge in [0.15, 0.2) is 5.82 Å². The third-order valence-corrected chi connectivity index (χ3v) is 14.8. The summed E-state index contributed by atoms with van der Waals surface area (Å²) in [6, 6.07) is 14.7. The number of aryl methyl sites for hydroxylation is 2. The van der Waals surface area contributed by atoms with E-state index in [4.69, 9.17) is 4.74 Å². The van der Waals surface area contributed by atoms with E-state index in [-0.39, 0.29) is 48.4 Å². The Balaban J connectivity index is 0.765. The molecule has 0 bridgehead atoms. The second-order valence-electron chi connectivity index (χ2n) is 20.2. The zero-order chi connectivity index (χ0) is 50.5. The SMILES string of the molecule is C=C(/C=C\C(C#CCCC(=O)N[C@H](C(=O)N1CC2(CC2)C[C@H]1C(=O)NCc1ccc(-c2scnc2C)cc1)C(C)(C)C)=C/C)COc1ccc(C2CCN(C3=Nn4c(nnc4C(F)(F)F)CC3)CC2)cc1. The predicted octanol–water partition coefficient (Wildman–Crippen LogP) is 9.17. The van der Waals surface area contributed by atoms with E-state index < -0.39 is 29.5 Å². The number of nitrogens with zero attached hydrogens (tertiary/aromatic N) is 7. The average molecular weight is 990 g/mol. The Morgan fingerprint density at radius 2 is 1.75 bits per heavy atom. The van der Waals surface area contributed by atoms with Gasteiger partial charge in [0.1, 0.15) is 30.3 Å². The number of carbonyl (C=O) groups is 3. The van der Waals surface area contributed by atoms with Crippen molar-refractivity contribution in [1.82, 2.24) is 40.3 Å². The first-order valence-corrected chi connectivity index (χ1v) is 25.2. The van der Waals surface area contributed by atoms with Crippen molar-refractivity contribution in [1.29, 1.82) is 0 Å². The molecule has 3 aliphatic heterocycles. The summed E-state index contributed by atoms with van der Waals surface area (Å²) in [5.41, 5.74) is 6.90. The van der Waals surface area contributed by atoms with Crippen LogP contribution in [-0.2, 0) is 33.5 Å². The summed E-state index contributed by atoms with van der Waals surface area (Å²) in [6.45, 7) is 16.3. The van der Waals surface area contributed by atoms with Crippen LogP contribution >= 0.6 is 11.3 Å². The molecular weight excluding hydrogens is 928 g/mol. The first-order valence-electron chi connectivity index (χ1n) is 24.3. The molecule has 5 heterocycles. The molecule has 17 heteroatoms. The van der Waals surface area contributed by atoms with E-state index in [1.807, 2.05) is 94.8 Å². The van der Waals surface area contributed by atoms with E-state index in [0.29, 0.717) is 62.9 Å². The lowest BCUT2D eigenvalue weighted by molar-refractivity contribution is -0.147. The van der Waals surface area contributed by atoms with Crippen molar-refractivity contribution in [3.8, 4) is 28.0 Å². The van der Waals surface area contributed by atoms with Crippen molar-refractivity contribution < 1.29 is 32.3 Å². The highest BCUT2D eigenvalue weighted by atomic mass is 32.1. The molecule has 0 radical (unpaired) electrons. The van der Waals surface area contributed by atoms with Gasteiger partial charge in [0.05, 0.1) is 16.1 Å². The number of benzene rings is 2. The first-order chi connectivity index (χ1) is 33.9. The van der Waals surface area contributed by atoms with Gasteiger partial charge in [-0.1, -0.05) is 87.7 Å². The number of ether oxygens (including phenoxy) is 1. The van der Waals surface area contributed by atoms with Crippen LogP contribution in [0.4, 0.5) is 13.2 Å². The van der Waals surface area contributed by atoms with Crippen molar-refractivity contribution >= 4 is 34.9 Å². The molecule has 13 nitrogen and oxygen atoms in total. The molecule has 1 saturated carbocycles. The largest absolute Gasteiger partial charge is 0.489 e. The summed E-state index contributed by atoms with van der Waals surface area (Å²) in [5.74, 6) is 6.31. The van der Waals surface area contributed by atoms with Crippen LogP contribution in [0.3, 0.4) is 0 Å². The molecule has 374 valence electrons. The van der Waals surface area contributed by atoms with Crippen LogP contribution < -0.4 is 15.4 Å². The zero-order valence-corrected chi connectivity index (χ0v) is 41.9. The fourth-order valence-corrected chi connectivity index (χ4v) is 10.2. The number of amidine groups is 1. The van der Waals surface area contributed by atoms with Gasteiger partial charge in [0.25, 0.3) is 5.82 Å². The summed E-state index contributed by atoms with van der Waals surface area (Å²) in [5, 5.41) is 17.4. The van der Waals surface area contributed by atoms with Crippen LogP contribution in [0.25, 0.3) is 10.4 Å². The quantitative estimate of drug-likeness (QED) is 0.0940. The van der Waals surface area contributed by atoms with Gasteiger partial charge in [-0.3, -0.25) is 14.4 Å². The molecule has 1 aliphatic carbocycles. The maximum absolute atomic E-state index is 14.3. The highest BCUT2D eigenvalue weighted by Crippen LogP contribution is 2.55. The predicted molar refractivity (Wildman–Crippen MR) is 268 cm³/mol. The van der Waals surface area contributed by atoms with Gasteiger partial charge in [-0.25, -0.2) is 4.98 Å². The van der Waals surface area contributed by atoms with E-state index in [1.54, 1.807) is 16.2 Å². The molecule has 4 aromatic rings. The minimum absolute atomic E-state index is 0.0388. The van der Waals surface area contributed by atoms with Gasteiger partial charge in [-0.05, 0) is 103 Å². The summed E-state index contributed by atoms with van der Waals surface area (Å²) in [7, 11) is 0. The monoisotopic (exact) mass is 989 g/mol. The minimum Gasteiger partial charge on any atom is -0.489 e. The third kappa shape index (κ3) is 12.5. The summed E-state index contributed by atoms with van der Waals surface area (Å²) < 4.78 is 47.1. The van der Waals surface area contributed by atoms with Crippen LogP contribution in [0, 0.1) is 29.6 Å². The molecule has 2 atom stereocenters. The molecular formula is C54H62F3N9O4S. The van der Waals surface area contributed by atoms with Crippen molar-refractivity contribution in [2.75, 3.05) is 26.2 Å². The topological polar surface area (TPSA) is 147 Å². The van der Waals surface area contributed by atoms with Gasteiger partial charge in [0.2, 0.25) is 17.7 Å². The van der Waals surface area contributed by atoms with Crippen molar-refractivity contribution in [3.05, 3.63) is 118 Å². The lowest BCUT2D eigenvalue weighted by Gasteiger charge is -2.35. The molecule has 8 rings (SSSR count). The number of hydrogen-bond donors (Lipinski definition) is 2. The van der Waals surface area contributed by atoms with Crippen LogP contribution in [0.15, 0.2) is 95.1 Å². The second-order valence-corrected chi connectivity index (χ2v) is 21.0. The molecule has 2 saturated heterocycles. The Hall–Kier alpha value is -6.54. The van der Waals surface area contributed by atoms with Crippen LogP contribution in [0.2, 0.25) is 0 Å². The van der Waals surface area contributed by atoms with Gasteiger partial charge in [-0.2, -0.15) is 22.9 Å². The number of carbonyl (C=O) groups excluding carboxylic acids is 3. The fraction of sp³-hybridized carbons (Fsp3) is 0.463. The standard InChI is InChI=1S/C54H62F3N9O4S/c1-7-37(13-12-35(2)32-70-42-20-18-39(19-21-42)40-24-28-64(29-25-40)45-23-22-44-61-62-51(54(55,56)57)66(44)63-45)10-8-9-11-46(67)60-48(52(4,5)6)50(69)65-33-53(26-27-53)30-43(65)49(68)58-31-38-14-16-41(17-15-38)47-36(3)59-34-71-47/h7,12-21,34,40,43,48H,2,9,11,22-33H2,1,3-6H3,(H,58,68)(H,60,67)/b13-12-,37-7-/t43-,48+/m0/s1. The van der Waals surface area contributed by atoms with Crippen LogP contribution in [0.1, 0.15) is 113 Å². The number of nitrogens with one attached hydrogen (secondary N) is 2. The molecule has 2 aromatic heterocycles. The number of rotatable bonds is 14. The maximum Gasteiger partial charge on any atom is 0.453 e. The van der Waals surface area contributed by atoms with Crippen molar-refractivity contribution in [2.24, 2.45) is 15.9 Å². The summed E-state index contributed by atoms with van der Waals surface area (Å²) in [6.07, 6.45) is 6.53. The fourth-order valence-electron chi connectivity index (χ4n) is 9.42. The number of hydrogen-bond acceptors (Lipinski definition) is 10. The summed E-state index contributed by atoms with van der Waals surface area (Å²) >= 11 is 1.60. The van der Waals surface area contributed by atoms with E-state index in [1.165, 1.54) is 5.56 Å². The number of amides is 3. The molecule has 3 amide bonds. The van der Waals surface area contributed by atoms with Crippen molar-refractivity contribution in [2.45, 2.75) is 123 Å². The summed E-state index contributed by atoms with van der Waals surface area (Å²) in [4.78, 5) is 50.7. The first kappa shape index (κ1) is 50.8. The Labute approximate surface area is 417 Å². The Kier molecular flexibility index (Phi) is 15.4. The van der Waals surface area contributed by atoms with Crippen LogP contribution in [-0.4, -0.2) is 91.5 Å². The Bertz CT molecular complexity index is 2760. The molecule has 4 aliphatic rings. The Morgan fingerprint density at radius 3 is 2.39 bits per heavy atom. The number of halogens is 3. The van der Waals surface area contributed by atoms with Crippen molar-refractivity contribution in [3.63, 3.8) is 0 Å². The minimum atomic E-state index is -4.62. The molecule has 1 spiro atoms. The molecule has 2 aromatic carbocycles. The number of allylic oxidation sites excluding steroid dienone is 3.